The van der Waals surface area contributed by atoms with Crippen LogP contribution in [0.25, 0.3) is 0 Å². The van der Waals surface area contributed by atoms with Crippen molar-refractivity contribution in [3.63, 3.8) is 0 Å². The molecule has 34 heavy (non-hydrogen) atoms. The number of alkyl halides is 3. The molecule has 0 saturated carbocycles. The third-order valence-corrected chi connectivity index (χ3v) is 6.56. The summed E-state index contributed by atoms with van der Waals surface area (Å²) in [6, 6.07) is 21.9. The molecule has 0 bridgehead atoms. The molecule has 3 rings (SSSR count). The van der Waals surface area contributed by atoms with Gasteiger partial charge in [-0.3, -0.25) is 0 Å². The topological polar surface area (TPSA) is 52.6 Å². The monoisotopic (exact) mass is 489 g/mol. The highest BCUT2D eigenvalue weighted by Crippen LogP contribution is 2.33. The first-order valence-electron chi connectivity index (χ1n) is 9.60. The standard InChI is InChI=1S/C25H17F4O4S/c1-16(25(27,28)29)23(30)32-18-8-12-21(13-9-18)34(20-6-4-3-5-7-20)22-14-10-19(11-15-22)33-24(31)17(2)26/h3-15H,1-2H2/q+1. The van der Waals surface area contributed by atoms with Crippen molar-refractivity contribution in [3.8, 4) is 11.5 Å². The highest BCUT2D eigenvalue weighted by Gasteiger charge is 2.38. The van der Waals surface area contributed by atoms with Crippen molar-refractivity contribution >= 4 is 22.8 Å². The first-order valence-corrected chi connectivity index (χ1v) is 10.8. The summed E-state index contributed by atoms with van der Waals surface area (Å²) >= 11 is 0. The molecule has 0 amide bonds. The molecule has 3 aromatic carbocycles. The van der Waals surface area contributed by atoms with Gasteiger partial charge in [0, 0.05) is 0 Å². The van der Waals surface area contributed by atoms with Crippen LogP contribution in [0.5, 0.6) is 11.5 Å². The molecule has 0 radical (unpaired) electrons. The van der Waals surface area contributed by atoms with Crippen molar-refractivity contribution in [2.24, 2.45) is 0 Å². The quantitative estimate of drug-likeness (QED) is 0.131. The molecular weight excluding hydrogens is 472 g/mol. The maximum atomic E-state index is 12.9. The Balaban J connectivity index is 1.87. The smallest absolute Gasteiger partial charge is 0.422 e. The normalized spacial score (nSPS) is 11.9. The number of esters is 2. The molecule has 0 spiro atoms. The Labute approximate surface area is 195 Å². The lowest BCUT2D eigenvalue weighted by molar-refractivity contribution is -0.142. The van der Waals surface area contributed by atoms with Crippen LogP contribution in [-0.4, -0.2) is 18.1 Å². The van der Waals surface area contributed by atoms with Gasteiger partial charge in [0.05, 0.1) is 10.9 Å². The van der Waals surface area contributed by atoms with Crippen LogP contribution in [0.2, 0.25) is 0 Å². The fourth-order valence-corrected chi connectivity index (χ4v) is 4.76. The van der Waals surface area contributed by atoms with Crippen LogP contribution in [0.1, 0.15) is 0 Å². The van der Waals surface area contributed by atoms with E-state index < -0.39 is 40.4 Å². The second-order valence-electron chi connectivity index (χ2n) is 6.72. The van der Waals surface area contributed by atoms with Crippen molar-refractivity contribution in [2.75, 3.05) is 0 Å². The van der Waals surface area contributed by atoms with E-state index in [4.69, 9.17) is 9.47 Å². The van der Waals surface area contributed by atoms with E-state index >= 15 is 0 Å². The Kier molecular flexibility index (Phi) is 7.57. The fourth-order valence-electron chi connectivity index (χ4n) is 2.70. The molecule has 174 valence electrons. The number of hydrogen-bond donors (Lipinski definition) is 0. The van der Waals surface area contributed by atoms with Gasteiger partial charge in [-0.25, -0.2) is 9.59 Å². The Bertz CT molecular complexity index is 1200. The summed E-state index contributed by atoms with van der Waals surface area (Å²) in [4.78, 5) is 25.6. The lowest BCUT2D eigenvalue weighted by Gasteiger charge is -2.11. The molecule has 0 fully saturated rings. The summed E-state index contributed by atoms with van der Waals surface area (Å²) in [5.41, 5.74) is -1.60. The van der Waals surface area contributed by atoms with Crippen LogP contribution in [0, 0.1) is 0 Å². The van der Waals surface area contributed by atoms with E-state index in [1.54, 1.807) is 24.3 Å². The summed E-state index contributed by atoms with van der Waals surface area (Å²) in [6.45, 7) is 5.62. The van der Waals surface area contributed by atoms with Crippen LogP contribution in [0.3, 0.4) is 0 Å². The lowest BCUT2D eigenvalue weighted by atomic mass is 10.3. The largest absolute Gasteiger partial charge is 0.423 e. The molecule has 0 aromatic heterocycles. The molecule has 3 aromatic rings. The highest BCUT2D eigenvalue weighted by atomic mass is 32.2. The third-order valence-electron chi connectivity index (χ3n) is 4.33. The van der Waals surface area contributed by atoms with E-state index in [9.17, 15) is 27.2 Å². The molecule has 0 aliphatic rings. The maximum absolute atomic E-state index is 12.9. The molecule has 0 heterocycles. The molecule has 1 unspecified atom stereocenters. The number of hydrogen-bond acceptors (Lipinski definition) is 4. The van der Waals surface area contributed by atoms with Crippen molar-refractivity contribution in [1.29, 1.82) is 0 Å². The van der Waals surface area contributed by atoms with Gasteiger partial charge in [0.15, 0.2) is 14.7 Å². The highest BCUT2D eigenvalue weighted by molar-refractivity contribution is 7.97. The molecule has 0 N–H and O–H groups in total. The van der Waals surface area contributed by atoms with E-state index in [0.717, 1.165) is 14.7 Å². The van der Waals surface area contributed by atoms with Crippen molar-refractivity contribution in [1.82, 2.24) is 0 Å². The first kappa shape index (κ1) is 24.8. The van der Waals surface area contributed by atoms with Gasteiger partial charge in [0.1, 0.15) is 17.1 Å². The maximum Gasteiger partial charge on any atom is 0.422 e. The van der Waals surface area contributed by atoms with Gasteiger partial charge >= 0.3 is 18.1 Å². The Morgan fingerprint density at radius 3 is 1.50 bits per heavy atom. The van der Waals surface area contributed by atoms with Gasteiger partial charge in [0.2, 0.25) is 5.83 Å². The summed E-state index contributed by atoms with van der Waals surface area (Å²) in [6.07, 6.45) is -4.88. The molecule has 9 heteroatoms. The number of carbonyl (C=O) groups is 2. The number of carbonyl (C=O) groups excluding carboxylic acids is 2. The molecule has 0 aliphatic heterocycles. The molecule has 4 nitrogen and oxygen atoms in total. The number of benzene rings is 3. The van der Waals surface area contributed by atoms with Gasteiger partial charge < -0.3 is 9.47 Å². The minimum absolute atomic E-state index is 0.0653. The van der Waals surface area contributed by atoms with Crippen molar-refractivity contribution < 1.29 is 36.6 Å². The Hall–Kier alpha value is -3.85. The SMILES string of the molecule is C=C(F)C(=O)Oc1ccc([S+](c2ccccc2)c2ccc(OC(=O)C(=C)C(F)(F)F)cc2)cc1. The minimum atomic E-state index is -4.88. The zero-order valence-electron chi connectivity index (χ0n) is 17.5. The zero-order valence-corrected chi connectivity index (χ0v) is 18.3. The van der Waals surface area contributed by atoms with Gasteiger partial charge in [0.25, 0.3) is 0 Å². The summed E-state index contributed by atoms with van der Waals surface area (Å²) in [7, 11) is -0.658. The van der Waals surface area contributed by atoms with Gasteiger partial charge in [-0.1, -0.05) is 31.4 Å². The summed E-state index contributed by atoms with van der Waals surface area (Å²) in [5.74, 6) is -3.91. The predicted molar refractivity (Wildman–Crippen MR) is 118 cm³/mol. The predicted octanol–water partition coefficient (Wildman–Crippen LogP) is 6.19. The molecule has 0 aliphatic carbocycles. The number of ether oxygens (including phenoxy) is 2. The van der Waals surface area contributed by atoms with Crippen molar-refractivity contribution in [3.05, 3.63) is 103 Å². The Morgan fingerprint density at radius 2 is 1.09 bits per heavy atom. The molecule has 1 atom stereocenters. The zero-order chi connectivity index (χ0) is 24.9. The van der Waals surface area contributed by atoms with Gasteiger partial charge in [-0.15, -0.1) is 0 Å². The van der Waals surface area contributed by atoms with E-state index in [1.165, 1.54) is 24.3 Å². The van der Waals surface area contributed by atoms with Crippen LogP contribution in [0.4, 0.5) is 17.6 Å². The van der Waals surface area contributed by atoms with Crippen molar-refractivity contribution in [2.45, 2.75) is 20.9 Å². The van der Waals surface area contributed by atoms with Gasteiger partial charge in [-0.05, 0) is 60.7 Å². The van der Waals surface area contributed by atoms with Crippen LogP contribution < -0.4 is 9.47 Å². The number of rotatable bonds is 7. The molecule has 0 saturated heterocycles. The van der Waals surface area contributed by atoms with Crippen LogP contribution in [-0.2, 0) is 20.5 Å². The van der Waals surface area contributed by atoms with E-state index in [2.05, 4.69) is 13.2 Å². The second-order valence-corrected chi connectivity index (χ2v) is 8.75. The van der Waals surface area contributed by atoms with Crippen LogP contribution in [0.15, 0.2) is 118 Å². The Morgan fingerprint density at radius 1 is 0.676 bits per heavy atom. The van der Waals surface area contributed by atoms with E-state index in [0.29, 0.717) is 0 Å². The lowest BCUT2D eigenvalue weighted by Crippen LogP contribution is -2.23. The number of halogens is 4. The van der Waals surface area contributed by atoms with E-state index in [1.807, 2.05) is 30.3 Å². The average molecular weight is 489 g/mol. The van der Waals surface area contributed by atoms with E-state index in [-0.39, 0.29) is 11.5 Å². The van der Waals surface area contributed by atoms with Crippen LogP contribution >= 0.6 is 0 Å². The molecular formula is C25H17F4O4S+. The average Bonchev–Trinajstić information content (AvgIpc) is 2.81. The van der Waals surface area contributed by atoms with Gasteiger partial charge in [-0.2, -0.15) is 17.6 Å². The minimum Gasteiger partial charge on any atom is -0.423 e. The fraction of sp³-hybridized carbons (Fsp3) is 0.0400. The second kappa shape index (κ2) is 10.4. The first-order chi connectivity index (χ1) is 16.1. The third kappa shape index (κ3) is 6.14. The summed E-state index contributed by atoms with van der Waals surface area (Å²) in [5, 5.41) is 0. The summed E-state index contributed by atoms with van der Waals surface area (Å²) < 4.78 is 60.4.